The summed E-state index contributed by atoms with van der Waals surface area (Å²) in [4.78, 5) is 28.4. The van der Waals surface area contributed by atoms with Gasteiger partial charge in [-0.15, -0.1) is 0 Å². The smallest absolute Gasteiger partial charge is 0.238 e. The number of nitrogens with one attached hydrogen (secondary N) is 2. The molecule has 2 fully saturated rings. The average molecular weight is 296 g/mol. The highest BCUT2D eigenvalue weighted by Crippen LogP contribution is 2.12. The van der Waals surface area contributed by atoms with E-state index in [2.05, 4.69) is 10.6 Å². The molecule has 2 aliphatic rings. The van der Waals surface area contributed by atoms with Gasteiger partial charge in [0.15, 0.2) is 0 Å². The van der Waals surface area contributed by atoms with E-state index >= 15 is 0 Å². The first-order valence-electron chi connectivity index (χ1n) is 8.16. The Balaban J connectivity index is 1.90. The van der Waals surface area contributed by atoms with Gasteiger partial charge >= 0.3 is 0 Å². The molecule has 6 heteroatoms. The van der Waals surface area contributed by atoms with Crippen molar-refractivity contribution in [3.63, 3.8) is 0 Å². The van der Waals surface area contributed by atoms with E-state index < -0.39 is 0 Å². The van der Waals surface area contributed by atoms with Gasteiger partial charge in [-0.1, -0.05) is 19.3 Å². The molecule has 0 aromatic rings. The van der Waals surface area contributed by atoms with Gasteiger partial charge in [-0.25, -0.2) is 0 Å². The Labute approximate surface area is 127 Å². The Morgan fingerprint density at radius 2 is 1.76 bits per heavy atom. The Morgan fingerprint density at radius 1 is 1.10 bits per heavy atom. The van der Waals surface area contributed by atoms with E-state index in [1.807, 2.05) is 9.80 Å². The lowest BCUT2D eigenvalue weighted by Crippen LogP contribution is -2.59. The number of hydrogen-bond donors (Lipinski definition) is 2. The minimum absolute atomic E-state index is 0.0114. The molecule has 2 saturated heterocycles. The van der Waals surface area contributed by atoms with Gasteiger partial charge in [0, 0.05) is 39.8 Å². The van der Waals surface area contributed by atoms with Crippen LogP contribution in [0, 0.1) is 0 Å². The first kappa shape index (κ1) is 16.2. The number of carbonyl (C=O) groups is 2. The van der Waals surface area contributed by atoms with Crippen molar-refractivity contribution >= 4 is 11.8 Å². The van der Waals surface area contributed by atoms with Gasteiger partial charge in [0.05, 0.1) is 6.54 Å². The van der Waals surface area contributed by atoms with Crippen LogP contribution in [0.25, 0.3) is 0 Å². The SMILES string of the molecule is CNC(=O)C1CNCCN1CC(=O)N1CCCCCCC1. The number of hydrogen-bond acceptors (Lipinski definition) is 4. The zero-order valence-electron chi connectivity index (χ0n) is 13.1. The third-order valence-electron chi connectivity index (χ3n) is 4.45. The minimum atomic E-state index is -0.234. The minimum Gasteiger partial charge on any atom is -0.358 e. The van der Waals surface area contributed by atoms with Crippen molar-refractivity contribution in [2.75, 3.05) is 46.3 Å². The first-order valence-corrected chi connectivity index (χ1v) is 8.16. The maximum atomic E-state index is 12.5. The molecule has 0 aromatic heterocycles. The number of carbonyl (C=O) groups excluding carboxylic acids is 2. The third-order valence-corrected chi connectivity index (χ3v) is 4.45. The zero-order valence-corrected chi connectivity index (χ0v) is 13.1. The number of amides is 2. The Kier molecular flexibility index (Phi) is 6.45. The van der Waals surface area contributed by atoms with Crippen molar-refractivity contribution in [2.45, 2.75) is 38.1 Å². The van der Waals surface area contributed by atoms with Crippen molar-refractivity contribution in [3.05, 3.63) is 0 Å². The Bertz CT molecular complexity index is 354. The fourth-order valence-electron chi connectivity index (χ4n) is 3.13. The summed E-state index contributed by atoms with van der Waals surface area (Å²) in [6.07, 6.45) is 5.94. The Hall–Kier alpha value is -1.14. The molecule has 2 aliphatic heterocycles. The second-order valence-electron chi connectivity index (χ2n) is 5.95. The third kappa shape index (κ3) is 4.68. The lowest BCUT2D eigenvalue weighted by molar-refractivity contribution is -0.135. The van der Waals surface area contributed by atoms with E-state index in [0.29, 0.717) is 13.1 Å². The summed E-state index contributed by atoms with van der Waals surface area (Å²) in [5, 5.41) is 5.91. The maximum Gasteiger partial charge on any atom is 0.238 e. The van der Waals surface area contributed by atoms with Crippen LogP contribution in [0.15, 0.2) is 0 Å². The van der Waals surface area contributed by atoms with Crippen LogP contribution in [-0.2, 0) is 9.59 Å². The second-order valence-corrected chi connectivity index (χ2v) is 5.95. The standard InChI is InChI=1S/C15H28N4O2/c1-16-15(21)13-11-17-7-10-19(13)12-14(20)18-8-5-3-2-4-6-9-18/h13,17H,2-12H2,1H3,(H,16,21). The topological polar surface area (TPSA) is 64.7 Å². The second kappa shape index (κ2) is 8.34. The molecule has 1 atom stereocenters. The zero-order chi connectivity index (χ0) is 15.1. The van der Waals surface area contributed by atoms with Crippen LogP contribution in [0.2, 0.25) is 0 Å². The number of piperazine rings is 1. The molecule has 2 rings (SSSR count). The van der Waals surface area contributed by atoms with Crippen LogP contribution in [0.1, 0.15) is 32.1 Å². The van der Waals surface area contributed by atoms with Gasteiger partial charge < -0.3 is 15.5 Å². The molecular formula is C15H28N4O2. The molecule has 21 heavy (non-hydrogen) atoms. The summed E-state index contributed by atoms with van der Waals surface area (Å²) in [6.45, 7) is 4.30. The van der Waals surface area contributed by atoms with Gasteiger partial charge in [-0.3, -0.25) is 14.5 Å². The fourth-order valence-corrected chi connectivity index (χ4v) is 3.13. The predicted molar refractivity (Wildman–Crippen MR) is 82.0 cm³/mol. The quantitative estimate of drug-likeness (QED) is 0.757. The van der Waals surface area contributed by atoms with Gasteiger partial charge in [0.1, 0.15) is 6.04 Å². The van der Waals surface area contributed by atoms with Crippen molar-refractivity contribution in [1.82, 2.24) is 20.4 Å². The number of likely N-dealkylation sites (N-methyl/N-ethyl adjacent to an activating group) is 1. The largest absolute Gasteiger partial charge is 0.358 e. The molecular weight excluding hydrogens is 268 g/mol. The number of likely N-dealkylation sites (tertiary alicyclic amines) is 1. The van der Waals surface area contributed by atoms with Crippen LogP contribution < -0.4 is 10.6 Å². The summed E-state index contributed by atoms with van der Waals surface area (Å²) in [6, 6.07) is -0.234. The molecule has 0 aliphatic carbocycles. The predicted octanol–water partition coefficient (Wildman–Crippen LogP) is -0.201. The van der Waals surface area contributed by atoms with Gasteiger partial charge in [-0.05, 0) is 12.8 Å². The lowest BCUT2D eigenvalue weighted by atomic mass is 10.1. The number of rotatable bonds is 3. The summed E-state index contributed by atoms with van der Waals surface area (Å²) in [5.74, 6) is 0.162. The van der Waals surface area contributed by atoms with Crippen LogP contribution in [0.3, 0.4) is 0 Å². The van der Waals surface area contributed by atoms with E-state index in [4.69, 9.17) is 0 Å². The molecule has 0 spiro atoms. The van der Waals surface area contributed by atoms with E-state index in [1.165, 1.54) is 19.3 Å². The van der Waals surface area contributed by atoms with Crippen molar-refractivity contribution < 1.29 is 9.59 Å². The molecule has 0 bridgehead atoms. The van der Waals surface area contributed by atoms with Crippen LogP contribution in [-0.4, -0.2) is 74.0 Å². The molecule has 0 radical (unpaired) electrons. The summed E-state index contributed by atoms with van der Waals surface area (Å²) in [7, 11) is 1.65. The van der Waals surface area contributed by atoms with Crippen molar-refractivity contribution in [1.29, 1.82) is 0 Å². The summed E-state index contributed by atoms with van der Waals surface area (Å²) >= 11 is 0. The normalized spacial score (nSPS) is 25.0. The molecule has 0 aromatic carbocycles. The van der Waals surface area contributed by atoms with Crippen LogP contribution >= 0.6 is 0 Å². The summed E-state index contributed by atoms with van der Waals surface area (Å²) < 4.78 is 0. The van der Waals surface area contributed by atoms with Gasteiger partial charge in [0.25, 0.3) is 0 Å². The molecule has 2 amide bonds. The number of nitrogens with zero attached hydrogens (tertiary/aromatic N) is 2. The van der Waals surface area contributed by atoms with E-state index in [1.54, 1.807) is 7.05 Å². The van der Waals surface area contributed by atoms with Crippen molar-refractivity contribution in [2.24, 2.45) is 0 Å². The summed E-state index contributed by atoms with van der Waals surface area (Å²) in [5.41, 5.74) is 0. The van der Waals surface area contributed by atoms with Crippen molar-refractivity contribution in [3.8, 4) is 0 Å². The van der Waals surface area contributed by atoms with Crippen LogP contribution in [0.4, 0.5) is 0 Å². The average Bonchev–Trinajstić information content (AvgIpc) is 2.46. The molecule has 1 unspecified atom stereocenters. The fraction of sp³-hybridized carbons (Fsp3) is 0.867. The monoisotopic (exact) mass is 296 g/mol. The molecule has 120 valence electrons. The van der Waals surface area contributed by atoms with Gasteiger partial charge in [-0.2, -0.15) is 0 Å². The first-order chi connectivity index (χ1) is 10.2. The van der Waals surface area contributed by atoms with Crippen LogP contribution in [0.5, 0.6) is 0 Å². The van der Waals surface area contributed by atoms with E-state index in [9.17, 15) is 9.59 Å². The maximum absolute atomic E-state index is 12.5. The Morgan fingerprint density at radius 3 is 2.43 bits per heavy atom. The van der Waals surface area contributed by atoms with E-state index in [-0.39, 0.29) is 17.9 Å². The molecule has 2 N–H and O–H groups in total. The highest BCUT2D eigenvalue weighted by molar-refractivity contribution is 5.83. The highest BCUT2D eigenvalue weighted by Gasteiger charge is 2.30. The lowest BCUT2D eigenvalue weighted by Gasteiger charge is -2.36. The van der Waals surface area contributed by atoms with E-state index in [0.717, 1.165) is 39.0 Å². The highest BCUT2D eigenvalue weighted by atomic mass is 16.2. The molecule has 0 saturated carbocycles. The van der Waals surface area contributed by atoms with Gasteiger partial charge in [0.2, 0.25) is 11.8 Å². The molecule has 2 heterocycles. The molecule has 6 nitrogen and oxygen atoms in total.